The highest BCUT2D eigenvalue weighted by Gasteiger charge is 2.42. The summed E-state index contributed by atoms with van der Waals surface area (Å²) in [4.78, 5) is 11.5. The SMILES string of the molecule is CCC(C)(Cn1nnnc1C1C(C)OC(C)C1C)C(=O)O. The minimum atomic E-state index is -0.873. The van der Waals surface area contributed by atoms with Gasteiger partial charge in [0.2, 0.25) is 0 Å². The molecule has 0 bridgehead atoms. The molecule has 0 aliphatic carbocycles. The van der Waals surface area contributed by atoms with Crippen LogP contribution in [0.4, 0.5) is 0 Å². The highest BCUT2D eigenvalue weighted by atomic mass is 16.5. The molecule has 1 aromatic heterocycles. The average molecular weight is 296 g/mol. The van der Waals surface area contributed by atoms with Crippen molar-refractivity contribution in [2.24, 2.45) is 11.3 Å². The Morgan fingerprint density at radius 2 is 2.05 bits per heavy atom. The van der Waals surface area contributed by atoms with Crippen LogP contribution in [0.2, 0.25) is 0 Å². The van der Waals surface area contributed by atoms with E-state index in [4.69, 9.17) is 4.74 Å². The first-order chi connectivity index (χ1) is 9.80. The Hall–Kier alpha value is -1.50. The van der Waals surface area contributed by atoms with Crippen LogP contribution in [-0.2, 0) is 16.1 Å². The maximum Gasteiger partial charge on any atom is 0.311 e. The van der Waals surface area contributed by atoms with E-state index in [1.165, 1.54) is 0 Å². The Kier molecular flexibility index (Phi) is 4.32. The summed E-state index contributed by atoms with van der Waals surface area (Å²) in [7, 11) is 0. The van der Waals surface area contributed by atoms with Gasteiger partial charge in [-0.15, -0.1) is 5.10 Å². The number of hydrogen-bond donors (Lipinski definition) is 1. The summed E-state index contributed by atoms with van der Waals surface area (Å²) in [6.45, 7) is 10.0. The van der Waals surface area contributed by atoms with Crippen LogP contribution in [-0.4, -0.2) is 43.5 Å². The van der Waals surface area contributed by atoms with E-state index in [9.17, 15) is 9.90 Å². The van der Waals surface area contributed by atoms with Gasteiger partial charge in [0.05, 0.1) is 30.1 Å². The van der Waals surface area contributed by atoms with Gasteiger partial charge in [0.15, 0.2) is 5.82 Å². The number of aliphatic carboxylic acids is 1. The van der Waals surface area contributed by atoms with Gasteiger partial charge in [-0.1, -0.05) is 13.8 Å². The van der Waals surface area contributed by atoms with Gasteiger partial charge < -0.3 is 9.84 Å². The highest BCUT2D eigenvalue weighted by molar-refractivity contribution is 5.73. The lowest BCUT2D eigenvalue weighted by Gasteiger charge is -2.25. The first-order valence-electron chi connectivity index (χ1n) is 7.45. The van der Waals surface area contributed by atoms with Gasteiger partial charge in [0.25, 0.3) is 0 Å². The third kappa shape index (κ3) is 2.79. The Bertz CT molecular complexity index is 518. The standard InChI is InChI=1S/C14H24N4O3/c1-6-14(5,13(19)20)7-18-12(15-16-17-18)11-8(2)9(3)21-10(11)4/h8-11H,6-7H2,1-5H3,(H,19,20). The number of hydrogen-bond acceptors (Lipinski definition) is 5. The van der Waals surface area contributed by atoms with E-state index in [-0.39, 0.29) is 24.7 Å². The van der Waals surface area contributed by atoms with Crippen molar-refractivity contribution in [3.63, 3.8) is 0 Å². The average Bonchev–Trinajstić information content (AvgIpc) is 2.95. The van der Waals surface area contributed by atoms with Crippen molar-refractivity contribution >= 4 is 5.97 Å². The number of carboxylic acids is 1. The van der Waals surface area contributed by atoms with Crippen LogP contribution in [0.1, 0.15) is 52.8 Å². The summed E-state index contributed by atoms with van der Waals surface area (Å²) in [5, 5.41) is 21.3. The molecule has 0 spiro atoms. The number of carbonyl (C=O) groups is 1. The van der Waals surface area contributed by atoms with Crippen molar-refractivity contribution < 1.29 is 14.6 Å². The monoisotopic (exact) mass is 296 g/mol. The molecule has 1 aliphatic heterocycles. The zero-order valence-corrected chi connectivity index (χ0v) is 13.3. The predicted octanol–water partition coefficient (Wildman–Crippen LogP) is 1.70. The minimum Gasteiger partial charge on any atom is -0.481 e. The lowest BCUT2D eigenvalue weighted by Crippen LogP contribution is -2.34. The largest absolute Gasteiger partial charge is 0.481 e. The van der Waals surface area contributed by atoms with E-state index >= 15 is 0 Å². The van der Waals surface area contributed by atoms with E-state index in [0.717, 1.165) is 5.82 Å². The first kappa shape index (κ1) is 15.9. The van der Waals surface area contributed by atoms with Gasteiger partial charge in [0, 0.05) is 0 Å². The Morgan fingerprint density at radius 3 is 2.52 bits per heavy atom. The molecular weight excluding hydrogens is 272 g/mol. The van der Waals surface area contributed by atoms with Crippen LogP contribution in [0.5, 0.6) is 0 Å². The van der Waals surface area contributed by atoms with Crippen molar-refractivity contribution in [1.82, 2.24) is 20.2 Å². The molecule has 5 unspecified atom stereocenters. The number of tetrazole rings is 1. The Balaban J connectivity index is 2.29. The van der Waals surface area contributed by atoms with Gasteiger partial charge in [0.1, 0.15) is 0 Å². The van der Waals surface area contributed by atoms with Crippen LogP contribution in [0.25, 0.3) is 0 Å². The van der Waals surface area contributed by atoms with Crippen molar-refractivity contribution in [2.75, 3.05) is 0 Å². The maximum absolute atomic E-state index is 11.5. The quantitative estimate of drug-likeness (QED) is 0.889. The van der Waals surface area contributed by atoms with Crippen molar-refractivity contribution in [1.29, 1.82) is 0 Å². The molecule has 7 heteroatoms. The topological polar surface area (TPSA) is 90.1 Å². The number of rotatable bonds is 5. The molecule has 2 heterocycles. The highest BCUT2D eigenvalue weighted by Crippen LogP contribution is 2.39. The smallest absolute Gasteiger partial charge is 0.311 e. The second-order valence-electron chi connectivity index (χ2n) is 6.35. The number of nitrogens with zero attached hydrogens (tertiary/aromatic N) is 4. The number of ether oxygens (including phenoxy) is 1. The summed E-state index contributed by atoms with van der Waals surface area (Å²) >= 11 is 0. The minimum absolute atomic E-state index is 0.0254. The molecule has 7 nitrogen and oxygen atoms in total. The van der Waals surface area contributed by atoms with E-state index < -0.39 is 11.4 Å². The third-order valence-corrected chi connectivity index (χ3v) is 4.90. The number of carboxylic acid groups (broad SMARTS) is 1. The summed E-state index contributed by atoms with van der Waals surface area (Å²) in [6, 6.07) is 0. The maximum atomic E-state index is 11.5. The fourth-order valence-corrected chi connectivity index (χ4v) is 2.94. The van der Waals surface area contributed by atoms with E-state index in [0.29, 0.717) is 12.3 Å². The van der Waals surface area contributed by atoms with Crippen LogP contribution in [0.3, 0.4) is 0 Å². The molecule has 21 heavy (non-hydrogen) atoms. The fourth-order valence-electron chi connectivity index (χ4n) is 2.94. The van der Waals surface area contributed by atoms with Crippen LogP contribution in [0, 0.1) is 11.3 Å². The van der Waals surface area contributed by atoms with Crippen molar-refractivity contribution in [3.05, 3.63) is 5.82 Å². The summed E-state index contributed by atoms with van der Waals surface area (Å²) in [5.41, 5.74) is -0.873. The second kappa shape index (κ2) is 5.71. The zero-order valence-electron chi connectivity index (χ0n) is 13.3. The van der Waals surface area contributed by atoms with Crippen molar-refractivity contribution in [3.8, 4) is 0 Å². The molecule has 0 radical (unpaired) electrons. The lowest BCUT2D eigenvalue weighted by atomic mass is 9.86. The van der Waals surface area contributed by atoms with E-state index in [2.05, 4.69) is 22.4 Å². The van der Waals surface area contributed by atoms with Crippen LogP contribution < -0.4 is 0 Å². The van der Waals surface area contributed by atoms with Crippen LogP contribution in [0.15, 0.2) is 0 Å². The molecule has 1 N–H and O–H groups in total. The molecule has 0 aromatic carbocycles. The fraction of sp³-hybridized carbons (Fsp3) is 0.857. The first-order valence-corrected chi connectivity index (χ1v) is 7.45. The Labute approximate surface area is 124 Å². The van der Waals surface area contributed by atoms with E-state index in [1.807, 2.05) is 20.8 Å². The second-order valence-corrected chi connectivity index (χ2v) is 6.35. The summed E-state index contributed by atoms with van der Waals surface area (Å²) < 4.78 is 7.48. The molecule has 0 amide bonds. The molecule has 2 rings (SSSR count). The molecule has 1 saturated heterocycles. The number of aromatic nitrogens is 4. The summed E-state index contributed by atoms with van der Waals surface area (Å²) in [6.07, 6.45) is 0.689. The van der Waals surface area contributed by atoms with Gasteiger partial charge >= 0.3 is 5.97 Å². The molecule has 118 valence electrons. The summed E-state index contributed by atoms with van der Waals surface area (Å²) in [5.74, 6) is 0.274. The Morgan fingerprint density at radius 1 is 1.38 bits per heavy atom. The van der Waals surface area contributed by atoms with E-state index in [1.54, 1.807) is 11.6 Å². The van der Waals surface area contributed by atoms with Gasteiger partial charge in [-0.3, -0.25) is 4.79 Å². The van der Waals surface area contributed by atoms with Gasteiger partial charge in [-0.2, -0.15) is 0 Å². The normalized spacial score (nSPS) is 32.0. The van der Waals surface area contributed by atoms with Gasteiger partial charge in [-0.25, -0.2) is 4.68 Å². The molecule has 1 aliphatic rings. The molecular formula is C14H24N4O3. The van der Waals surface area contributed by atoms with Gasteiger partial charge in [-0.05, 0) is 43.5 Å². The molecule has 1 fully saturated rings. The lowest BCUT2D eigenvalue weighted by molar-refractivity contribution is -0.149. The molecule has 5 atom stereocenters. The zero-order chi connectivity index (χ0) is 15.8. The van der Waals surface area contributed by atoms with Crippen LogP contribution >= 0.6 is 0 Å². The van der Waals surface area contributed by atoms with Crippen molar-refractivity contribution in [2.45, 2.75) is 65.7 Å². The molecule has 1 aromatic rings. The molecule has 0 saturated carbocycles. The predicted molar refractivity (Wildman–Crippen MR) is 75.8 cm³/mol. The third-order valence-electron chi connectivity index (χ3n) is 4.90.